The predicted molar refractivity (Wildman–Crippen MR) is 120 cm³/mol. The maximum absolute atomic E-state index is 9.89. The van der Waals surface area contributed by atoms with Crippen LogP contribution in [0.4, 0.5) is 0 Å². The first-order chi connectivity index (χ1) is 12.7. The van der Waals surface area contributed by atoms with Gasteiger partial charge in [-0.05, 0) is 32.4 Å². The molecule has 0 saturated carbocycles. The van der Waals surface area contributed by atoms with Crippen LogP contribution in [0.1, 0.15) is 137 Å². The van der Waals surface area contributed by atoms with Gasteiger partial charge in [0.2, 0.25) is 0 Å². The lowest BCUT2D eigenvalue weighted by Gasteiger charge is -2.10. The molecular weight excluding hydrogens is 318 g/mol. The molecule has 26 heavy (non-hydrogen) atoms. The molecule has 0 aliphatic heterocycles. The van der Waals surface area contributed by atoms with Crippen molar-refractivity contribution >= 4 is 0 Å². The zero-order valence-electron chi connectivity index (χ0n) is 19.0. The molecule has 0 aromatic heterocycles. The second-order valence-corrected chi connectivity index (χ2v) is 7.83. The second-order valence-electron chi connectivity index (χ2n) is 7.83. The van der Waals surface area contributed by atoms with Crippen molar-refractivity contribution in [2.75, 3.05) is 13.1 Å². The summed E-state index contributed by atoms with van der Waals surface area (Å²) in [6.45, 7) is 11.2. The van der Waals surface area contributed by atoms with Gasteiger partial charge in [-0.2, -0.15) is 0 Å². The Morgan fingerprint density at radius 1 is 0.538 bits per heavy atom. The Balaban J connectivity index is 0. The quantitative estimate of drug-likeness (QED) is 0.229. The average molecular weight is 372 g/mol. The smallest absolute Gasteiger partial charge is 0.0540 e. The molecule has 0 aromatic rings. The summed E-state index contributed by atoms with van der Waals surface area (Å²) in [6.07, 6.45) is 22.0. The molecule has 0 heterocycles. The Morgan fingerprint density at radius 2 is 0.923 bits per heavy atom. The molecule has 0 radical (unpaired) electrons. The van der Waals surface area contributed by atoms with E-state index in [1.165, 1.54) is 103 Å². The number of hydrogen-bond acceptors (Lipinski definition) is 2. The summed E-state index contributed by atoms with van der Waals surface area (Å²) in [4.78, 5) is 0. The Morgan fingerprint density at radius 3 is 1.31 bits per heavy atom. The van der Waals surface area contributed by atoms with Crippen molar-refractivity contribution in [3.05, 3.63) is 0 Å². The minimum absolute atomic E-state index is 0.0261. The van der Waals surface area contributed by atoms with Crippen LogP contribution in [0.25, 0.3) is 0 Å². The van der Waals surface area contributed by atoms with E-state index in [4.69, 9.17) is 0 Å². The van der Waals surface area contributed by atoms with Gasteiger partial charge in [0.15, 0.2) is 0 Å². The lowest BCUT2D eigenvalue weighted by Crippen LogP contribution is -2.13. The van der Waals surface area contributed by atoms with Gasteiger partial charge in [0.1, 0.15) is 0 Å². The third-order valence-electron chi connectivity index (χ3n) is 4.99. The first kappa shape index (κ1) is 28.1. The Kier molecular flexibility index (Phi) is 29.4. The number of hydrogen-bond donors (Lipinski definition) is 2. The highest BCUT2D eigenvalue weighted by atomic mass is 16.3. The van der Waals surface area contributed by atoms with Gasteiger partial charge >= 0.3 is 0 Å². The van der Waals surface area contributed by atoms with E-state index >= 15 is 0 Å². The Hall–Kier alpha value is -0.0800. The van der Waals surface area contributed by atoms with Crippen molar-refractivity contribution in [1.29, 1.82) is 0 Å². The molecule has 0 aliphatic carbocycles. The van der Waals surface area contributed by atoms with Crippen molar-refractivity contribution in [2.45, 2.75) is 143 Å². The van der Waals surface area contributed by atoms with Crippen LogP contribution >= 0.6 is 0 Å². The molecule has 0 saturated heterocycles. The monoisotopic (exact) mass is 371 g/mol. The number of rotatable bonds is 19. The zero-order chi connectivity index (χ0) is 19.7. The van der Waals surface area contributed by atoms with Crippen LogP contribution in [-0.2, 0) is 0 Å². The summed E-state index contributed by atoms with van der Waals surface area (Å²) in [7, 11) is 0. The van der Waals surface area contributed by atoms with E-state index in [9.17, 15) is 5.11 Å². The maximum Gasteiger partial charge on any atom is 0.0540 e. The standard InChI is InChI=1S/C18H38O.C6H15N/c1-3-5-7-9-11-13-15-17-18(19)16-14-12-10-8-6-4-2;1-3-5-6-7-4-2/h18-19H,3-17H2,1-2H3;7H,3-6H2,1-2H3. The molecule has 160 valence electrons. The van der Waals surface area contributed by atoms with Crippen LogP contribution in [0.5, 0.6) is 0 Å². The second kappa shape index (κ2) is 27.1. The molecule has 0 aromatic carbocycles. The highest BCUT2D eigenvalue weighted by Crippen LogP contribution is 2.14. The molecule has 2 N–H and O–H groups in total. The van der Waals surface area contributed by atoms with Gasteiger partial charge in [0.25, 0.3) is 0 Å². The zero-order valence-corrected chi connectivity index (χ0v) is 19.0. The van der Waals surface area contributed by atoms with E-state index < -0.39 is 0 Å². The van der Waals surface area contributed by atoms with Crippen LogP contribution in [0.2, 0.25) is 0 Å². The van der Waals surface area contributed by atoms with Gasteiger partial charge in [-0.15, -0.1) is 0 Å². The fraction of sp³-hybridized carbons (Fsp3) is 1.00. The molecule has 0 bridgehead atoms. The van der Waals surface area contributed by atoms with E-state index in [1.54, 1.807) is 0 Å². The van der Waals surface area contributed by atoms with Gasteiger partial charge in [0.05, 0.1) is 6.10 Å². The highest BCUT2D eigenvalue weighted by Gasteiger charge is 2.03. The van der Waals surface area contributed by atoms with Crippen molar-refractivity contribution in [3.8, 4) is 0 Å². The molecule has 2 heteroatoms. The molecule has 0 rings (SSSR count). The third-order valence-corrected chi connectivity index (χ3v) is 4.99. The summed E-state index contributed by atoms with van der Waals surface area (Å²) in [5, 5.41) is 13.1. The highest BCUT2D eigenvalue weighted by molar-refractivity contribution is 4.57. The summed E-state index contributed by atoms with van der Waals surface area (Å²) in [5.74, 6) is 0. The number of aliphatic hydroxyl groups is 1. The summed E-state index contributed by atoms with van der Waals surface area (Å²) < 4.78 is 0. The molecule has 2 nitrogen and oxygen atoms in total. The fourth-order valence-electron chi connectivity index (χ4n) is 3.12. The predicted octanol–water partition coefficient (Wildman–Crippen LogP) is 7.63. The van der Waals surface area contributed by atoms with Gasteiger partial charge in [-0.25, -0.2) is 0 Å². The third kappa shape index (κ3) is 28.7. The number of aliphatic hydroxyl groups excluding tert-OH is 1. The molecule has 0 spiro atoms. The Bertz CT molecular complexity index is 216. The van der Waals surface area contributed by atoms with Gasteiger partial charge in [-0.1, -0.05) is 118 Å². The Labute approximate surface area is 166 Å². The van der Waals surface area contributed by atoms with E-state index in [0.717, 1.165) is 19.4 Å². The summed E-state index contributed by atoms with van der Waals surface area (Å²) in [6, 6.07) is 0. The van der Waals surface area contributed by atoms with Gasteiger partial charge in [0, 0.05) is 0 Å². The van der Waals surface area contributed by atoms with Gasteiger partial charge in [-0.3, -0.25) is 0 Å². The van der Waals surface area contributed by atoms with Crippen LogP contribution in [0, 0.1) is 0 Å². The van der Waals surface area contributed by atoms with E-state index in [2.05, 4.69) is 33.0 Å². The number of unbranched alkanes of at least 4 members (excludes halogenated alkanes) is 12. The average Bonchev–Trinajstić information content (AvgIpc) is 2.65. The SMILES string of the molecule is CCCCCCCCCC(O)CCCCCCCC.CCCCNCC. The topological polar surface area (TPSA) is 32.3 Å². The molecule has 0 fully saturated rings. The van der Waals surface area contributed by atoms with Crippen LogP contribution < -0.4 is 5.32 Å². The van der Waals surface area contributed by atoms with Crippen LogP contribution in [0.3, 0.4) is 0 Å². The molecular formula is C24H53NO. The lowest BCUT2D eigenvalue weighted by molar-refractivity contribution is 0.147. The van der Waals surface area contributed by atoms with Gasteiger partial charge < -0.3 is 10.4 Å². The summed E-state index contributed by atoms with van der Waals surface area (Å²) in [5.41, 5.74) is 0. The van der Waals surface area contributed by atoms with Crippen molar-refractivity contribution < 1.29 is 5.11 Å². The fourth-order valence-corrected chi connectivity index (χ4v) is 3.12. The molecule has 1 atom stereocenters. The minimum Gasteiger partial charge on any atom is -0.393 e. The largest absolute Gasteiger partial charge is 0.393 e. The molecule has 1 unspecified atom stereocenters. The van der Waals surface area contributed by atoms with Crippen molar-refractivity contribution in [2.24, 2.45) is 0 Å². The summed E-state index contributed by atoms with van der Waals surface area (Å²) >= 11 is 0. The first-order valence-electron chi connectivity index (χ1n) is 12.1. The van der Waals surface area contributed by atoms with Crippen LogP contribution in [-0.4, -0.2) is 24.3 Å². The maximum atomic E-state index is 9.89. The van der Waals surface area contributed by atoms with Crippen LogP contribution in [0.15, 0.2) is 0 Å². The van der Waals surface area contributed by atoms with E-state index in [0.29, 0.717) is 0 Å². The minimum atomic E-state index is -0.0261. The van der Waals surface area contributed by atoms with E-state index in [1.807, 2.05) is 0 Å². The van der Waals surface area contributed by atoms with Crippen molar-refractivity contribution in [3.63, 3.8) is 0 Å². The molecule has 0 amide bonds. The normalized spacial score (nSPS) is 11.9. The van der Waals surface area contributed by atoms with Crippen molar-refractivity contribution in [1.82, 2.24) is 5.32 Å². The van der Waals surface area contributed by atoms with E-state index in [-0.39, 0.29) is 6.10 Å². The first-order valence-corrected chi connectivity index (χ1v) is 12.1. The lowest BCUT2D eigenvalue weighted by atomic mass is 10.0. The molecule has 0 aliphatic rings. The number of nitrogens with one attached hydrogen (secondary N) is 1.